The van der Waals surface area contributed by atoms with E-state index in [1.165, 1.54) is 6.07 Å². The van der Waals surface area contributed by atoms with E-state index in [9.17, 15) is 13.2 Å². The number of fused-ring (bicyclic) bond motifs is 1. The predicted octanol–water partition coefficient (Wildman–Crippen LogP) is 6.92. The normalized spacial score (nSPS) is 11.5. The van der Waals surface area contributed by atoms with E-state index in [-0.39, 0.29) is 0 Å². The van der Waals surface area contributed by atoms with Gasteiger partial charge in [0, 0.05) is 28.1 Å². The third kappa shape index (κ3) is 4.39. The quantitative estimate of drug-likeness (QED) is 0.310. The fourth-order valence-corrected chi connectivity index (χ4v) is 3.68. The van der Waals surface area contributed by atoms with Crippen molar-refractivity contribution in [3.63, 3.8) is 0 Å². The molecule has 0 saturated heterocycles. The van der Waals surface area contributed by atoms with Gasteiger partial charge in [0.1, 0.15) is 17.3 Å². The molecule has 0 atom stereocenters. The topological polar surface area (TPSA) is 44.2 Å². The lowest BCUT2D eigenvalue weighted by atomic mass is 9.97. The highest BCUT2D eigenvalue weighted by Gasteiger charge is 2.30. The summed E-state index contributed by atoms with van der Waals surface area (Å²) >= 11 is 0. The molecular formula is C26H21F3N2O2. The van der Waals surface area contributed by atoms with Crippen molar-refractivity contribution >= 4 is 16.7 Å². The summed E-state index contributed by atoms with van der Waals surface area (Å²) in [5, 5.41) is 0.626. The van der Waals surface area contributed by atoms with Gasteiger partial charge in [-0.15, -0.1) is 0 Å². The zero-order valence-electron chi connectivity index (χ0n) is 18.3. The van der Waals surface area contributed by atoms with Gasteiger partial charge in [-0.3, -0.25) is 0 Å². The molecule has 168 valence electrons. The minimum absolute atomic E-state index is 0.364. The van der Waals surface area contributed by atoms with E-state index in [1.54, 1.807) is 33.3 Å². The molecule has 0 spiro atoms. The maximum Gasteiger partial charge on any atom is 0.416 e. The van der Waals surface area contributed by atoms with Gasteiger partial charge in [-0.2, -0.15) is 13.2 Å². The lowest BCUT2D eigenvalue weighted by molar-refractivity contribution is -0.137. The SMILES string of the molecule is C=C(OC)c1ccc(-c2cc3c(-c4cccc(C(F)(F)F)c4)nc(C)nc3cc2OC)cc1. The average molecular weight is 450 g/mol. The number of benzene rings is 3. The van der Waals surface area contributed by atoms with Crippen molar-refractivity contribution in [3.05, 3.63) is 84.2 Å². The highest BCUT2D eigenvalue weighted by atomic mass is 19.4. The van der Waals surface area contributed by atoms with Gasteiger partial charge in [0.25, 0.3) is 0 Å². The summed E-state index contributed by atoms with van der Waals surface area (Å²) < 4.78 is 50.7. The Balaban J connectivity index is 1.93. The third-order valence-corrected chi connectivity index (χ3v) is 5.36. The van der Waals surface area contributed by atoms with Crippen molar-refractivity contribution in [3.8, 4) is 28.1 Å². The van der Waals surface area contributed by atoms with Gasteiger partial charge < -0.3 is 9.47 Å². The Morgan fingerprint density at radius 3 is 2.27 bits per heavy atom. The standard InChI is InChI=1S/C26H21F3N2O2/c1-15(32-3)17-8-10-18(11-9-17)21-13-22-23(14-24(21)33-4)30-16(2)31-25(22)19-6-5-7-20(12-19)26(27,28)29/h5-14H,1H2,2-4H3. The molecule has 0 aliphatic carbocycles. The van der Waals surface area contributed by atoms with Crippen LogP contribution in [0.5, 0.6) is 5.75 Å². The van der Waals surface area contributed by atoms with Crippen LogP contribution in [0.3, 0.4) is 0 Å². The van der Waals surface area contributed by atoms with Crippen LogP contribution in [0, 0.1) is 6.92 Å². The van der Waals surface area contributed by atoms with E-state index in [2.05, 4.69) is 16.5 Å². The van der Waals surface area contributed by atoms with Crippen LogP contribution in [0.2, 0.25) is 0 Å². The number of halogens is 3. The molecule has 1 aromatic heterocycles. The molecule has 4 nitrogen and oxygen atoms in total. The number of alkyl halides is 3. The van der Waals surface area contributed by atoms with Gasteiger partial charge in [-0.05, 0) is 30.7 Å². The molecule has 33 heavy (non-hydrogen) atoms. The van der Waals surface area contributed by atoms with Gasteiger partial charge in [-0.1, -0.05) is 43.0 Å². The number of hydrogen-bond donors (Lipinski definition) is 0. The molecule has 0 amide bonds. The van der Waals surface area contributed by atoms with Crippen molar-refractivity contribution in [1.82, 2.24) is 9.97 Å². The number of methoxy groups -OCH3 is 2. The lowest BCUT2D eigenvalue weighted by Crippen LogP contribution is -2.05. The first-order chi connectivity index (χ1) is 15.7. The molecule has 1 heterocycles. The van der Waals surface area contributed by atoms with Crippen molar-refractivity contribution in [1.29, 1.82) is 0 Å². The Kier molecular flexibility index (Phi) is 5.80. The molecule has 0 N–H and O–H groups in total. The molecular weight excluding hydrogens is 429 g/mol. The van der Waals surface area contributed by atoms with Gasteiger partial charge >= 0.3 is 6.18 Å². The molecule has 0 aliphatic rings. The Morgan fingerprint density at radius 1 is 0.909 bits per heavy atom. The van der Waals surface area contributed by atoms with E-state index >= 15 is 0 Å². The molecule has 0 aliphatic heterocycles. The summed E-state index contributed by atoms with van der Waals surface area (Å²) in [5.74, 6) is 1.59. The molecule has 0 radical (unpaired) electrons. The number of nitrogens with zero attached hydrogens (tertiary/aromatic N) is 2. The predicted molar refractivity (Wildman–Crippen MR) is 123 cm³/mol. The lowest BCUT2D eigenvalue weighted by Gasteiger charge is -2.15. The maximum absolute atomic E-state index is 13.3. The first-order valence-corrected chi connectivity index (χ1v) is 10.1. The van der Waals surface area contributed by atoms with Crippen LogP contribution in [-0.2, 0) is 10.9 Å². The van der Waals surface area contributed by atoms with E-state index < -0.39 is 11.7 Å². The zero-order chi connectivity index (χ0) is 23.8. The van der Waals surface area contributed by atoms with Crippen LogP contribution >= 0.6 is 0 Å². The van der Waals surface area contributed by atoms with Crippen molar-refractivity contribution in [2.24, 2.45) is 0 Å². The third-order valence-electron chi connectivity index (χ3n) is 5.36. The molecule has 0 bridgehead atoms. The van der Waals surface area contributed by atoms with E-state index in [4.69, 9.17) is 9.47 Å². The van der Waals surface area contributed by atoms with Crippen LogP contribution in [0.1, 0.15) is 17.0 Å². The average Bonchev–Trinajstić information content (AvgIpc) is 2.81. The second-order valence-electron chi connectivity index (χ2n) is 7.47. The molecule has 0 unspecified atom stereocenters. The van der Waals surface area contributed by atoms with E-state index in [0.717, 1.165) is 28.8 Å². The number of ether oxygens (including phenoxy) is 2. The Morgan fingerprint density at radius 2 is 1.64 bits per heavy atom. The summed E-state index contributed by atoms with van der Waals surface area (Å²) in [5.41, 5.74) is 3.11. The van der Waals surface area contributed by atoms with Gasteiger partial charge in [0.05, 0.1) is 31.0 Å². The van der Waals surface area contributed by atoms with Gasteiger partial charge in [0.2, 0.25) is 0 Å². The summed E-state index contributed by atoms with van der Waals surface area (Å²) in [7, 11) is 3.12. The molecule has 4 rings (SSSR count). The smallest absolute Gasteiger partial charge is 0.416 e. The minimum atomic E-state index is -4.45. The van der Waals surface area contributed by atoms with Gasteiger partial charge in [0.15, 0.2) is 0 Å². The van der Waals surface area contributed by atoms with E-state index in [1.807, 2.05) is 30.3 Å². The second-order valence-corrected chi connectivity index (χ2v) is 7.47. The second kappa shape index (κ2) is 8.58. The highest BCUT2D eigenvalue weighted by Crippen LogP contribution is 2.38. The molecule has 0 fully saturated rings. The Bertz CT molecular complexity index is 1350. The van der Waals surface area contributed by atoms with Gasteiger partial charge in [-0.25, -0.2) is 9.97 Å². The van der Waals surface area contributed by atoms with Crippen LogP contribution in [-0.4, -0.2) is 24.2 Å². The van der Waals surface area contributed by atoms with Crippen LogP contribution in [0.15, 0.2) is 67.2 Å². The summed E-state index contributed by atoms with van der Waals surface area (Å²) in [6.07, 6.45) is -4.45. The summed E-state index contributed by atoms with van der Waals surface area (Å²) in [4.78, 5) is 8.97. The van der Waals surface area contributed by atoms with Crippen molar-refractivity contribution < 1.29 is 22.6 Å². The summed E-state index contributed by atoms with van der Waals surface area (Å²) in [6, 6.07) is 16.3. The Hall–Kier alpha value is -3.87. The van der Waals surface area contributed by atoms with Crippen LogP contribution in [0.25, 0.3) is 39.0 Å². The number of hydrogen-bond acceptors (Lipinski definition) is 4. The monoisotopic (exact) mass is 450 g/mol. The molecule has 7 heteroatoms. The molecule has 0 saturated carbocycles. The number of rotatable bonds is 5. The highest BCUT2D eigenvalue weighted by molar-refractivity contribution is 5.97. The summed E-state index contributed by atoms with van der Waals surface area (Å²) in [6.45, 7) is 5.56. The number of aryl methyl sites for hydroxylation is 1. The first kappa shape index (κ1) is 22.3. The molecule has 4 aromatic rings. The fourth-order valence-electron chi connectivity index (χ4n) is 3.68. The van der Waals surface area contributed by atoms with Crippen molar-refractivity contribution in [2.45, 2.75) is 13.1 Å². The number of aromatic nitrogens is 2. The van der Waals surface area contributed by atoms with Crippen molar-refractivity contribution in [2.75, 3.05) is 14.2 Å². The fraction of sp³-hybridized carbons (Fsp3) is 0.154. The van der Waals surface area contributed by atoms with Crippen LogP contribution in [0.4, 0.5) is 13.2 Å². The van der Waals surface area contributed by atoms with E-state index in [0.29, 0.717) is 39.5 Å². The minimum Gasteiger partial charge on any atom is -0.497 e. The Labute approximate surface area is 189 Å². The first-order valence-electron chi connectivity index (χ1n) is 10.1. The zero-order valence-corrected chi connectivity index (χ0v) is 18.3. The maximum atomic E-state index is 13.3. The van der Waals surface area contributed by atoms with Crippen LogP contribution < -0.4 is 4.74 Å². The molecule has 3 aromatic carbocycles. The largest absolute Gasteiger partial charge is 0.497 e.